The Kier molecular flexibility index (Phi) is 4.88. The van der Waals surface area contributed by atoms with E-state index >= 15 is 0 Å². The van der Waals surface area contributed by atoms with Gasteiger partial charge in [0.1, 0.15) is 0 Å². The van der Waals surface area contributed by atoms with Crippen molar-refractivity contribution in [2.24, 2.45) is 11.1 Å². The first-order valence-electron chi connectivity index (χ1n) is 6.06. The van der Waals surface area contributed by atoms with Crippen molar-refractivity contribution in [2.75, 3.05) is 7.11 Å². The summed E-state index contributed by atoms with van der Waals surface area (Å²) in [6.07, 6.45) is 1.68. The third-order valence-corrected chi connectivity index (χ3v) is 3.45. The van der Waals surface area contributed by atoms with Crippen LogP contribution in [-0.4, -0.2) is 18.3 Å². The van der Waals surface area contributed by atoms with Crippen molar-refractivity contribution in [3.05, 3.63) is 22.7 Å². The Bertz CT molecular complexity index is 413. The second-order valence-electron chi connectivity index (χ2n) is 5.64. The molecule has 0 radical (unpaired) electrons. The van der Waals surface area contributed by atoms with Crippen LogP contribution in [0.4, 0.5) is 0 Å². The Balaban J connectivity index is 2.77. The molecule has 0 aromatic heterocycles. The summed E-state index contributed by atoms with van der Waals surface area (Å²) in [5.41, 5.74) is 7.23. The van der Waals surface area contributed by atoms with Crippen molar-refractivity contribution in [2.45, 2.75) is 39.7 Å². The van der Waals surface area contributed by atoms with Gasteiger partial charge >= 0.3 is 0 Å². The molecule has 18 heavy (non-hydrogen) atoms. The second-order valence-corrected chi connectivity index (χ2v) is 6.05. The van der Waals surface area contributed by atoms with E-state index in [0.717, 1.165) is 18.4 Å². The molecule has 1 aromatic carbocycles. The van der Waals surface area contributed by atoms with Crippen LogP contribution < -0.4 is 10.5 Å². The first kappa shape index (κ1) is 15.1. The minimum atomic E-state index is -0.0111. The van der Waals surface area contributed by atoms with Crippen LogP contribution in [0.1, 0.15) is 32.8 Å². The molecule has 0 amide bonds. The number of methoxy groups -OCH3 is 1. The number of halogens is 1. The van der Waals surface area contributed by atoms with Crippen LogP contribution in [0.5, 0.6) is 11.5 Å². The van der Waals surface area contributed by atoms with E-state index in [0.29, 0.717) is 10.8 Å². The SMILES string of the molecule is COc1cc(CCC(N)C(C)(C)C)cc(Cl)c1O. The lowest BCUT2D eigenvalue weighted by Gasteiger charge is -2.27. The Hall–Kier alpha value is -0.930. The molecule has 1 atom stereocenters. The third-order valence-electron chi connectivity index (χ3n) is 3.16. The molecule has 0 aliphatic carbocycles. The molecule has 3 nitrogen and oxygen atoms in total. The van der Waals surface area contributed by atoms with Crippen molar-refractivity contribution < 1.29 is 9.84 Å². The van der Waals surface area contributed by atoms with Crippen molar-refractivity contribution >= 4 is 11.6 Å². The lowest BCUT2D eigenvalue weighted by Crippen LogP contribution is -2.35. The molecule has 0 saturated heterocycles. The quantitative estimate of drug-likeness (QED) is 0.883. The number of hydrogen-bond acceptors (Lipinski definition) is 3. The first-order valence-corrected chi connectivity index (χ1v) is 6.44. The standard InChI is InChI=1S/C14H22ClNO2/c1-14(2,3)12(16)6-5-9-7-10(15)13(17)11(8-9)18-4/h7-8,12,17H,5-6,16H2,1-4H3. The van der Waals surface area contributed by atoms with Crippen LogP contribution in [0.25, 0.3) is 0 Å². The lowest BCUT2D eigenvalue weighted by atomic mass is 9.84. The van der Waals surface area contributed by atoms with Crippen molar-refractivity contribution in [1.82, 2.24) is 0 Å². The molecule has 1 rings (SSSR count). The number of nitrogens with two attached hydrogens (primary N) is 1. The Labute approximate surface area is 114 Å². The third kappa shape index (κ3) is 3.79. The number of ether oxygens (including phenoxy) is 1. The van der Waals surface area contributed by atoms with E-state index in [-0.39, 0.29) is 17.2 Å². The molecule has 0 saturated carbocycles. The normalized spacial score (nSPS) is 13.4. The summed E-state index contributed by atoms with van der Waals surface area (Å²) in [6, 6.07) is 3.68. The van der Waals surface area contributed by atoms with E-state index in [9.17, 15) is 5.11 Å². The lowest BCUT2D eigenvalue weighted by molar-refractivity contribution is 0.306. The van der Waals surface area contributed by atoms with E-state index in [4.69, 9.17) is 22.1 Å². The van der Waals surface area contributed by atoms with Gasteiger partial charge in [-0.25, -0.2) is 0 Å². The molecule has 0 heterocycles. The van der Waals surface area contributed by atoms with Gasteiger partial charge in [-0.1, -0.05) is 32.4 Å². The molecule has 0 spiro atoms. The topological polar surface area (TPSA) is 55.5 Å². The molecule has 0 fully saturated rings. The number of phenols is 1. The number of aromatic hydroxyl groups is 1. The molecule has 4 heteroatoms. The van der Waals surface area contributed by atoms with Gasteiger partial charge in [-0.05, 0) is 36.0 Å². The van der Waals surface area contributed by atoms with Crippen LogP contribution in [0.15, 0.2) is 12.1 Å². The fourth-order valence-electron chi connectivity index (χ4n) is 1.68. The highest BCUT2D eigenvalue weighted by atomic mass is 35.5. The van der Waals surface area contributed by atoms with Gasteiger partial charge in [0.05, 0.1) is 12.1 Å². The van der Waals surface area contributed by atoms with Gasteiger partial charge in [-0.2, -0.15) is 0 Å². The predicted molar refractivity (Wildman–Crippen MR) is 75.4 cm³/mol. The summed E-state index contributed by atoms with van der Waals surface area (Å²) in [6.45, 7) is 6.38. The van der Waals surface area contributed by atoms with Crippen LogP contribution in [0.2, 0.25) is 5.02 Å². The Morgan fingerprint density at radius 2 is 2.00 bits per heavy atom. The highest BCUT2D eigenvalue weighted by molar-refractivity contribution is 6.32. The first-order chi connectivity index (χ1) is 8.25. The fourth-order valence-corrected chi connectivity index (χ4v) is 1.92. The average Bonchev–Trinajstić information content (AvgIpc) is 2.28. The summed E-state index contributed by atoms with van der Waals surface area (Å²) < 4.78 is 5.07. The van der Waals surface area contributed by atoms with Gasteiger partial charge in [-0.3, -0.25) is 0 Å². The maximum atomic E-state index is 9.65. The van der Waals surface area contributed by atoms with E-state index in [1.807, 2.05) is 0 Å². The van der Waals surface area contributed by atoms with Gasteiger partial charge in [0, 0.05) is 6.04 Å². The number of rotatable bonds is 4. The zero-order chi connectivity index (χ0) is 13.9. The number of hydrogen-bond donors (Lipinski definition) is 2. The maximum Gasteiger partial charge on any atom is 0.176 e. The van der Waals surface area contributed by atoms with Gasteiger partial charge in [0.2, 0.25) is 0 Å². The molecule has 102 valence electrons. The molecule has 3 N–H and O–H groups in total. The van der Waals surface area contributed by atoms with E-state index < -0.39 is 0 Å². The van der Waals surface area contributed by atoms with Crippen molar-refractivity contribution in [3.8, 4) is 11.5 Å². The zero-order valence-electron chi connectivity index (χ0n) is 11.5. The monoisotopic (exact) mass is 271 g/mol. The summed E-state index contributed by atoms with van der Waals surface area (Å²) in [5.74, 6) is 0.393. The summed E-state index contributed by atoms with van der Waals surface area (Å²) >= 11 is 5.94. The van der Waals surface area contributed by atoms with Crippen molar-refractivity contribution in [3.63, 3.8) is 0 Å². The second kappa shape index (κ2) is 5.81. The predicted octanol–water partition coefficient (Wildman–Crippen LogP) is 3.36. The van der Waals surface area contributed by atoms with Crippen LogP contribution in [-0.2, 0) is 6.42 Å². The fraction of sp³-hybridized carbons (Fsp3) is 0.571. The summed E-state index contributed by atoms with van der Waals surface area (Å²) in [5, 5.41) is 9.96. The van der Waals surface area contributed by atoms with Gasteiger partial charge in [0.15, 0.2) is 11.5 Å². The molecule has 0 aliphatic rings. The summed E-state index contributed by atoms with van der Waals surface area (Å²) in [7, 11) is 1.51. The number of aryl methyl sites for hydroxylation is 1. The van der Waals surface area contributed by atoms with Crippen molar-refractivity contribution in [1.29, 1.82) is 0 Å². The number of phenolic OH excluding ortho intramolecular Hbond substituents is 1. The minimum Gasteiger partial charge on any atom is -0.503 e. The molecule has 0 bridgehead atoms. The molecule has 1 unspecified atom stereocenters. The Morgan fingerprint density at radius 3 is 2.50 bits per heavy atom. The van der Waals surface area contributed by atoms with E-state index in [1.54, 1.807) is 12.1 Å². The molecular formula is C14H22ClNO2. The highest BCUT2D eigenvalue weighted by Crippen LogP contribution is 2.35. The minimum absolute atomic E-state index is 0.0111. The smallest absolute Gasteiger partial charge is 0.176 e. The molecule has 1 aromatic rings. The van der Waals surface area contributed by atoms with Gasteiger partial charge in [-0.15, -0.1) is 0 Å². The summed E-state index contributed by atoms with van der Waals surface area (Å²) in [4.78, 5) is 0. The number of benzene rings is 1. The highest BCUT2D eigenvalue weighted by Gasteiger charge is 2.20. The van der Waals surface area contributed by atoms with Crippen LogP contribution >= 0.6 is 11.6 Å². The van der Waals surface area contributed by atoms with E-state index in [1.165, 1.54) is 7.11 Å². The zero-order valence-corrected chi connectivity index (χ0v) is 12.2. The van der Waals surface area contributed by atoms with Gasteiger partial charge < -0.3 is 15.6 Å². The average molecular weight is 272 g/mol. The molecule has 0 aliphatic heterocycles. The molecular weight excluding hydrogens is 250 g/mol. The van der Waals surface area contributed by atoms with Crippen LogP contribution in [0.3, 0.4) is 0 Å². The van der Waals surface area contributed by atoms with Gasteiger partial charge in [0.25, 0.3) is 0 Å². The Morgan fingerprint density at radius 1 is 1.39 bits per heavy atom. The maximum absolute atomic E-state index is 9.65. The van der Waals surface area contributed by atoms with E-state index in [2.05, 4.69) is 20.8 Å². The largest absolute Gasteiger partial charge is 0.503 e. The van der Waals surface area contributed by atoms with Crippen LogP contribution in [0, 0.1) is 5.41 Å².